The Morgan fingerprint density at radius 3 is 1.16 bits per heavy atom. The van der Waals surface area contributed by atoms with Crippen LogP contribution in [0.3, 0.4) is 0 Å². The standard InChI is InChI=1S/C44H35N5/c1-4-10-33(11-5-1)40-45-38(28-39(46-40)32-20-22-37(23-21-32)44-26-24-30(29-44)25-27-44)31-16-18-36(19-17-31)43-48-41(34-12-6-2-7-13-34)47-42(49-43)35-14-8-3-9-15-35/h1-23,28,30H,24-27,29H2. The van der Waals surface area contributed by atoms with Crippen LogP contribution in [0.1, 0.15) is 37.7 Å². The minimum Gasteiger partial charge on any atom is -0.228 e. The number of hydrogen-bond acceptors (Lipinski definition) is 5. The molecular formula is C44H35N5. The predicted octanol–water partition coefficient (Wildman–Crippen LogP) is 10.5. The van der Waals surface area contributed by atoms with Crippen molar-refractivity contribution >= 4 is 0 Å². The van der Waals surface area contributed by atoms with Crippen LogP contribution in [0.25, 0.3) is 68.1 Å². The second kappa shape index (κ2) is 12.3. The summed E-state index contributed by atoms with van der Waals surface area (Å²) in [5.74, 6) is 3.56. The van der Waals surface area contributed by atoms with Gasteiger partial charge in [0.05, 0.1) is 11.4 Å². The Hall–Kier alpha value is -5.81. The molecule has 2 aromatic heterocycles. The Morgan fingerprint density at radius 2 is 0.755 bits per heavy atom. The minimum atomic E-state index is 0.388. The van der Waals surface area contributed by atoms with Crippen molar-refractivity contribution in [2.24, 2.45) is 5.92 Å². The first-order valence-corrected chi connectivity index (χ1v) is 17.2. The first-order chi connectivity index (χ1) is 24.2. The van der Waals surface area contributed by atoms with Crippen molar-refractivity contribution in [3.63, 3.8) is 0 Å². The number of benzene rings is 5. The van der Waals surface area contributed by atoms with Gasteiger partial charge in [0.25, 0.3) is 0 Å². The molecule has 49 heavy (non-hydrogen) atoms. The average molecular weight is 634 g/mol. The molecule has 0 amide bonds. The second-order valence-electron chi connectivity index (χ2n) is 13.4. The molecule has 2 heterocycles. The van der Waals surface area contributed by atoms with Gasteiger partial charge in [0.15, 0.2) is 23.3 Å². The summed E-state index contributed by atoms with van der Waals surface area (Å²) in [6.45, 7) is 0. The molecule has 236 valence electrons. The van der Waals surface area contributed by atoms with E-state index in [9.17, 15) is 0 Å². The van der Waals surface area contributed by atoms with E-state index in [1.165, 1.54) is 37.7 Å². The molecule has 2 aliphatic rings. The van der Waals surface area contributed by atoms with Gasteiger partial charge >= 0.3 is 0 Å². The van der Waals surface area contributed by atoms with Gasteiger partial charge in [-0.2, -0.15) is 0 Å². The van der Waals surface area contributed by atoms with E-state index in [0.29, 0.717) is 28.7 Å². The van der Waals surface area contributed by atoms with E-state index in [-0.39, 0.29) is 0 Å². The molecule has 2 aliphatic carbocycles. The van der Waals surface area contributed by atoms with Gasteiger partial charge in [0.2, 0.25) is 0 Å². The van der Waals surface area contributed by atoms with Gasteiger partial charge < -0.3 is 0 Å². The normalized spacial score (nSPS) is 18.1. The molecule has 2 fully saturated rings. The summed E-state index contributed by atoms with van der Waals surface area (Å²) in [7, 11) is 0. The molecule has 2 bridgehead atoms. The minimum absolute atomic E-state index is 0.388. The highest BCUT2D eigenvalue weighted by atomic mass is 15.0. The summed E-state index contributed by atoms with van der Waals surface area (Å²) in [6.07, 6.45) is 6.77. The van der Waals surface area contributed by atoms with Gasteiger partial charge in [0.1, 0.15) is 0 Å². The van der Waals surface area contributed by atoms with Crippen molar-refractivity contribution in [2.75, 3.05) is 0 Å². The Labute approximate surface area is 286 Å². The quantitative estimate of drug-likeness (QED) is 0.175. The smallest absolute Gasteiger partial charge is 0.164 e. The Morgan fingerprint density at radius 1 is 0.388 bits per heavy atom. The Balaban J connectivity index is 1.09. The van der Waals surface area contributed by atoms with Gasteiger partial charge in [-0.15, -0.1) is 0 Å². The monoisotopic (exact) mass is 633 g/mol. The van der Waals surface area contributed by atoms with E-state index in [4.69, 9.17) is 24.9 Å². The highest BCUT2D eigenvalue weighted by Gasteiger charge is 2.45. The zero-order valence-electron chi connectivity index (χ0n) is 27.2. The van der Waals surface area contributed by atoms with Gasteiger partial charge in [-0.25, -0.2) is 24.9 Å². The van der Waals surface area contributed by atoms with Crippen molar-refractivity contribution in [3.05, 3.63) is 151 Å². The fourth-order valence-electron chi connectivity index (χ4n) is 7.78. The van der Waals surface area contributed by atoms with Crippen LogP contribution >= 0.6 is 0 Å². The molecule has 7 aromatic rings. The van der Waals surface area contributed by atoms with Crippen LogP contribution in [0, 0.1) is 5.92 Å². The molecule has 5 heteroatoms. The molecule has 0 atom stereocenters. The molecule has 0 radical (unpaired) electrons. The fourth-order valence-corrected chi connectivity index (χ4v) is 7.78. The first kappa shape index (κ1) is 29.3. The number of aromatic nitrogens is 5. The van der Waals surface area contributed by atoms with Gasteiger partial charge in [-0.05, 0) is 55.1 Å². The Bertz CT molecular complexity index is 2170. The number of fused-ring (bicyclic) bond motifs is 2. The van der Waals surface area contributed by atoms with Crippen LogP contribution in [0.4, 0.5) is 0 Å². The van der Waals surface area contributed by atoms with E-state index in [2.05, 4.69) is 66.7 Å². The molecule has 0 unspecified atom stereocenters. The van der Waals surface area contributed by atoms with Gasteiger partial charge in [0, 0.05) is 33.4 Å². The van der Waals surface area contributed by atoms with Crippen LogP contribution in [0.15, 0.2) is 146 Å². The molecular weight excluding hydrogens is 599 g/mol. The van der Waals surface area contributed by atoms with Crippen molar-refractivity contribution in [1.82, 2.24) is 24.9 Å². The number of rotatable bonds is 7. The lowest BCUT2D eigenvalue weighted by atomic mass is 9.77. The van der Waals surface area contributed by atoms with Gasteiger partial charge in [-0.1, -0.05) is 140 Å². The van der Waals surface area contributed by atoms with Crippen LogP contribution in [-0.4, -0.2) is 24.9 Å². The van der Waals surface area contributed by atoms with E-state index in [0.717, 1.165) is 50.7 Å². The van der Waals surface area contributed by atoms with Crippen molar-refractivity contribution in [1.29, 1.82) is 0 Å². The van der Waals surface area contributed by atoms with Crippen LogP contribution in [0.2, 0.25) is 0 Å². The summed E-state index contributed by atoms with van der Waals surface area (Å²) in [5, 5.41) is 0. The average Bonchev–Trinajstić information content (AvgIpc) is 3.82. The molecule has 0 spiro atoms. The molecule has 0 saturated heterocycles. The third kappa shape index (κ3) is 5.72. The highest BCUT2D eigenvalue weighted by molar-refractivity contribution is 5.74. The van der Waals surface area contributed by atoms with Crippen LogP contribution in [-0.2, 0) is 5.41 Å². The maximum absolute atomic E-state index is 5.08. The van der Waals surface area contributed by atoms with Crippen molar-refractivity contribution < 1.29 is 0 Å². The molecule has 0 N–H and O–H groups in total. The lowest BCUT2D eigenvalue weighted by Crippen LogP contribution is -2.19. The van der Waals surface area contributed by atoms with Gasteiger partial charge in [-0.3, -0.25) is 0 Å². The molecule has 5 aromatic carbocycles. The second-order valence-corrected chi connectivity index (χ2v) is 13.4. The lowest BCUT2D eigenvalue weighted by molar-refractivity contribution is 0.419. The zero-order chi connectivity index (χ0) is 32.6. The predicted molar refractivity (Wildman–Crippen MR) is 196 cm³/mol. The SMILES string of the molecule is c1ccc(-c2nc(-c3ccc(-c4nc(-c5ccccc5)nc(-c5ccccc5)n4)cc3)cc(-c3ccc(C45CCC(CC4)C5)cc3)n2)cc1. The Kier molecular flexibility index (Phi) is 7.38. The summed E-state index contributed by atoms with van der Waals surface area (Å²) in [6, 6.07) is 50.0. The summed E-state index contributed by atoms with van der Waals surface area (Å²) < 4.78 is 0. The highest BCUT2D eigenvalue weighted by Crippen LogP contribution is 2.55. The van der Waals surface area contributed by atoms with E-state index in [1.807, 2.05) is 78.9 Å². The first-order valence-electron chi connectivity index (χ1n) is 17.2. The van der Waals surface area contributed by atoms with Crippen LogP contribution < -0.4 is 0 Å². The molecule has 0 aliphatic heterocycles. The van der Waals surface area contributed by atoms with E-state index >= 15 is 0 Å². The maximum Gasteiger partial charge on any atom is 0.164 e. The third-order valence-corrected chi connectivity index (χ3v) is 10.4. The fraction of sp³-hybridized carbons (Fsp3) is 0.159. The zero-order valence-corrected chi connectivity index (χ0v) is 27.2. The largest absolute Gasteiger partial charge is 0.228 e. The topological polar surface area (TPSA) is 64.5 Å². The molecule has 9 rings (SSSR count). The summed E-state index contributed by atoms with van der Waals surface area (Å²) in [5.41, 5.74) is 9.59. The third-order valence-electron chi connectivity index (χ3n) is 10.4. The summed E-state index contributed by atoms with van der Waals surface area (Å²) >= 11 is 0. The number of nitrogens with zero attached hydrogens (tertiary/aromatic N) is 5. The van der Waals surface area contributed by atoms with Crippen molar-refractivity contribution in [2.45, 2.75) is 37.5 Å². The van der Waals surface area contributed by atoms with E-state index < -0.39 is 0 Å². The molecule has 2 saturated carbocycles. The van der Waals surface area contributed by atoms with E-state index in [1.54, 1.807) is 0 Å². The number of hydrogen-bond donors (Lipinski definition) is 0. The maximum atomic E-state index is 5.08. The lowest BCUT2D eigenvalue weighted by Gasteiger charge is -2.27. The summed E-state index contributed by atoms with van der Waals surface area (Å²) in [4.78, 5) is 24.8. The van der Waals surface area contributed by atoms with Crippen LogP contribution in [0.5, 0.6) is 0 Å². The molecule has 5 nitrogen and oxygen atoms in total. The van der Waals surface area contributed by atoms with Crippen molar-refractivity contribution in [3.8, 4) is 68.1 Å².